The lowest BCUT2D eigenvalue weighted by Crippen LogP contribution is -2.71. The number of carbonyl (C=O) groups excluding carboxylic acids is 3. The minimum atomic E-state index is -0.754. The van der Waals surface area contributed by atoms with Crippen molar-refractivity contribution in [1.29, 1.82) is 5.41 Å². The van der Waals surface area contributed by atoms with Gasteiger partial charge in [0.05, 0.1) is 6.04 Å². The number of rotatable bonds is 5. The zero-order chi connectivity index (χ0) is 18.8. The predicted octanol–water partition coefficient (Wildman–Crippen LogP) is -0.200. The fourth-order valence-electron chi connectivity index (χ4n) is 1.97. The van der Waals surface area contributed by atoms with Gasteiger partial charge >= 0.3 is 6.09 Å². The van der Waals surface area contributed by atoms with E-state index in [0.717, 1.165) is 11.3 Å². The number of hydrogen-bond acceptors (Lipinski definition) is 8. The summed E-state index contributed by atoms with van der Waals surface area (Å²) >= 11 is 1.05. The largest absolute Gasteiger partial charge is 0.444 e. The maximum Gasteiger partial charge on any atom is 0.413 e. The molecule has 1 saturated heterocycles. The summed E-state index contributed by atoms with van der Waals surface area (Å²) < 4.78 is 5.10. The summed E-state index contributed by atoms with van der Waals surface area (Å²) in [5.41, 5.74) is 4.48. The Morgan fingerprint density at radius 3 is 2.72 bits per heavy atom. The van der Waals surface area contributed by atoms with E-state index in [2.05, 4.69) is 20.9 Å². The lowest BCUT2D eigenvalue weighted by atomic mass is 9.99. The number of anilines is 1. The van der Waals surface area contributed by atoms with Gasteiger partial charge in [-0.25, -0.2) is 9.78 Å². The lowest BCUT2D eigenvalue weighted by molar-refractivity contribution is -0.134. The molecule has 0 radical (unpaired) electrons. The highest BCUT2D eigenvalue weighted by atomic mass is 32.1. The molecule has 0 bridgehead atoms. The first kappa shape index (κ1) is 18.8. The van der Waals surface area contributed by atoms with Gasteiger partial charge in [-0.05, 0) is 20.8 Å². The second-order valence-electron chi connectivity index (χ2n) is 6.34. The Morgan fingerprint density at radius 2 is 2.16 bits per heavy atom. The van der Waals surface area contributed by atoms with Gasteiger partial charge in [0.2, 0.25) is 5.91 Å². The van der Waals surface area contributed by atoms with E-state index in [-0.39, 0.29) is 29.3 Å². The molecule has 3 amide bonds. The van der Waals surface area contributed by atoms with Crippen molar-refractivity contribution in [2.45, 2.75) is 38.5 Å². The Balaban J connectivity index is 1.94. The number of thiazole rings is 1. The molecule has 2 atom stereocenters. The number of aromatic nitrogens is 1. The Morgan fingerprint density at radius 1 is 1.48 bits per heavy atom. The Labute approximate surface area is 148 Å². The molecule has 1 aliphatic rings. The number of nitrogens with two attached hydrogens (primary N) is 1. The van der Waals surface area contributed by atoms with Gasteiger partial charge in [0, 0.05) is 11.9 Å². The first-order valence-corrected chi connectivity index (χ1v) is 8.34. The Hall–Kier alpha value is -2.53. The van der Waals surface area contributed by atoms with Crippen LogP contribution in [0.15, 0.2) is 5.38 Å². The molecule has 10 nitrogen and oxygen atoms in total. The van der Waals surface area contributed by atoms with E-state index in [1.165, 1.54) is 5.38 Å². The number of ether oxygens (including phenoxy) is 1. The van der Waals surface area contributed by atoms with Crippen LogP contribution in [0.4, 0.5) is 9.93 Å². The fourth-order valence-corrected chi connectivity index (χ4v) is 2.66. The van der Waals surface area contributed by atoms with E-state index in [1.54, 1.807) is 20.8 Å². The van der Waals surface area contributed by atoms with Crippen LogP contribution in [-0.4, -0.2) is 52.8 Å². The third kappa shape index (κ3) is 4.73. The molecule has 136 valence electrons. The van der Waals surface area contributed by atoms with Crippen LogP contribution in [0.3, 0.4) is 0 Å². The monoisotopic (exact) mass is 368 g/mol. The molecule has 1 aromatic heterocycles. The molecule has 2 rings (SSSR count). The first-order chi connectivity index (χ1) is 11.6. The Kier molecular flexibility index (Phi) is 5.38. The van der Waals surface area contributed by atoms with Crippen molar-refractivity contribution in [1.82, 2.24) is 15.6 Å². The number of hydrogen-bond donors (Lipinski definition) is 5. The van der Waals surface area contributed by atoms with Crippen molar-refractivity contribution in [2.24, 2.45) is 5.73 Å². The molecular weight excluding hydrogens is 348 g/mol. The number of nitrogens with zero attached hydrogens (tertiary/aromatic N) is 1. The SMILES string of the molecule is CC(C)(C)OC(=O)Nc1nc(C(=N)C(=O)NC2C(=O)NC2CN)cs1. The van der Waals surface area contributed by atoms with E-state index in [0.29, 0.717) is 0 Å². The highest BCUT2D eigenvalue weighted by Crippen LogP contribution is 2.18. The van der Waals surface area contributed by atoms with Crippen LogP contribution in [0.25, 0.3) is 0 Å². The number of amides is 3. The van der Waals surface area contributed by atoms with Crippen molar-refractivity contribution in [3.63, 3.8) is 0 Å². The lowest BCUT2D eigenvalue weighted by Gasteiger charge is -2.36. The molecule has 11 heteroatoms. The van der Waals surface area contributed by atoms with Gasteiger partial charge in [-0.3, -0.25) is 20.3 Å². The highest BCUT2D eigenvalue weighted by molar-refractivity contribution is 7.14. The maximum absolute atomic E-state index is 12.1. The second-order valence-corrected chi connectivity index (χ2v) is 7.20. The fraction of sp³-hybridized carbons (Fsp3) is 0.500. The first-order valence-electron chi connectivity index (χ1n) is 7.46. The van der Waals surface area contributed by atoms with Crippen LogP contribution in [0.2, 0.25) is 0 Å². The van der Waals surface area contributed by atoms with Crippen molar-refractivity contribution in [3.05, 3.63) is 11.1 Å². The van der Waals surface area contributed by atoms with Crippen molar-refractivity contribution in [3.8, 4) is 0 Å². The molecule has 1 aliphatic heterocycles. The van der Waals surface area contributed by atoms with Gasteiger partial charge in [-0.2, -0.15) is 0 Å². The zero-order valence-electron chi connectivity index (χ0n) is 14.0. The number of nitrogens with one attached hydrogen (secondary N) is 4. The molecule has 6 N–H and O–H groups in total. The maximum atomic E-state index is 12.1. The van der Waals surface area contributed by atoms with Gasteiger partial charge < -0.3 is 21.1 Å². The molecule has 0 aromatic carbocycles. The van der Waals surface area contributed by atoms with E-state index >= 15 is 0 Å². The third-order valence-corrected chi connectivity index (χ3v) is 3.91. The highest BCUT2D eigenvalue weighted by Gasteiger charge is 2.39. The number of β-lactam (4-membered cyclic amide) rings is 1. The predicted molar refractivity (Wildman–Crippen MR) is 91.7 cm³/mol. The molecule has 1 aromatic rings. The Bertz CT molecular complexity index is 710. The van der Waals surface area contributed by atoms with Crippen LogP contribution >= 0.6 is 11.3 Å². The minimum Gasteiger partial charge on any atom is -0.444 e. The smallest absolute Gasteiger partial charge is 0.413 e. The molecule has 2 heterocycles. The van der Waals surface area contributed by atoms with Crippen LogP contribution in [0.5, 0.6) is 0 Å². The third-order valence-electron chi connectivity index (χ3n) is 3.15. The van der Waals surface area contributed by atoms with Gasteiger partial charge in [0.1, 0.15) is 23.0 Å². The van der Waals surface area contributed by atoms with Gasteiger partial charge in [0.15, 0.2) is 5.13 Å². The average molecular weight is 368 g/mol. The van der Waals surface area contributed by atoms with Crippen molar-refractivity contribution >= 4 is 40.1 Å². The molecule has 0 spiro atoms. The van der Waals surface area contributed by atoms with Crippen LogP contribution in [-0.2, 0) is 14.3 Å². The van der Waals surface area contributed by atoms with E-state index in [9.17, 15) is 14.4 Å². The summed E-state index contributed by atoms with van der Waals surface area (Å²) in [6, 6.07) is -1.10. The topological polar surface area (TPSA) is 159 Å². The van der Waals surface area contributed by atoms with Crippen molar-refractivity contribution < 1.29 is 19.1 Å². The molecule has 25 heavy (non-hydrogen) atoms. The van der Waals surface area contributed by atoms with Crippen LogP contribution in [0.1, 0.15) is 26.5 Å². The van der Waals surface area contributed by atoms with E-state index < -0.39 is 29.4 Å². The summed E-state index contributed by atoms with van der Waals surface area (Å²) in [5, 5.41) is 17.0. The molecule has 1 fully saturated rings. The summed E-state index contributed by atoms with van der Waals surface area (Å²) in [6.07, 6.45) is -0.679. The molecule has 0 saturated carbocycles. The number of carbonyl (C=O) groups is 3. The average Bonchev–Trinajstić information content (AvgIpc) is 2.95. The van der Waals surface area contributed by atoms with Crippen LogP contribution < -0.4 is 21.7 Å². The summed E-state index contributed by atoms with van der Waals surface area (Å²) in [6.45, 7) is 5.37. The molecular formula is C14H20N6O4S. The normalized spacial score (nSPS) is 19.4. The zero-order valence-corrected chi connectivity index (χ0v) is 14.8. The summed E-state index contributed by atoms with van der Waals surface area (Å²) in [4.78, 5) is 39.2. The summed E-state index contributed by atoms with van der Waals surface area (Å²) in [7, 11) is 0. The van der Waals surface area contributed by atoms with Gasteiger partial charge in [-0.1, -0.05) is 0 Å². The quantitative estimate of drug-likeness (QED) is 0.357. The second kappa shape index (κ2) is 7.15. The van der Waals surface area contributed by atoms with Gasteiger partial charge in [0.25, 0.3) is 5.91 Å². The standard InChI is InChI=1S/C14H20N6O4S/c1-14(2,3)24-13(23)20-12-18-7(5-25-12)8(16)10(21)19-9-6(4-15)17-11(9)22/h5-6,9,16H,4,15H2,1-3H3,(H,17,22)(H,19,21)(H,18,20,23). The van der Waals surface area contributed by atoms with Crippen molar-refractivity contribution in [2.75, 3.05) is 11.9 Å². The summed E-state index contributed by atoms with van der Waals surface area (Å²) in [5.74, 6) is -1.09. The van der Waals surface area contributed by atoms with Gasteiger partial charge in [-0.15, -0.1) is 11.3 Å². The van der Waals surface area contributed by atoms with Crippen LogP contribution in [0, 0.1) is 5.41 Å². The molecule has 2 unspecified atom stereocenters. The van der Waals surface area contributed by atoms with E-state index in [1.807, 2.05) is 0 Å². The van der Waals surface area contributed by atoms with E-state index in [4.69, 9.17) is 15.9 Å². The minimum absolute atomic E-state index is 0.0811. The molecule has 0 aliphatic carbocycles.